The topological polar surface area (TPSA) is 38.3 Å². The van der Waals surface area contributed by atoms with E-state index in [-0.39, 0.29) is 12.1 Å². The maximum atomic E-state index is 11.8. The fourth-order valence-corrected chi connectivity index (χ4v) is 3.12. The van der Waals surface area contributed by atoms with Crippen molar-refractivity contribution in [3.8, 4) is 11.1 Å². The molecule has 0 heterocycles. The maximum Gasteiger partial charge on any atom is 0.407 e. The molecule has 0 fully saturated rings. The maximum absolute atomic E-state index is 11.8. The lowest BCUT2D eigenvalue weighted by Crippen LogP contribution is -2.38. The van der Waals surface area contributed by atoms with Gasteiger partial charge < -0.3 is 10.1 Å². The Morgan fingerprint density at radius 1 is 0.962 bits per heavy atom. The summed E-state index contributed by atoms with van der Waals surface area (Å²) in [6.07, 6.45) is 1.57. The molecule has 0 bridgehead atoms. The quantitative estimate of drug-likeness (QED) is 0.709. The van der Waals surface area contributed by atoms with Gasteiger partial charge in [-0.3, -0.25) is 0 Å². The van der Waals surface area contributed by atoms with Crippen molar-refractivity contribution in [2.24, 2.45) is 5.92 Å². The van der Waals surface area contributed by atoms with Crippen LogP contribution in [0.25, 0.3) is 11.1 Å². The van der Waals surface area contributed by atoms with Crippen LogP contribution in [0.4, 0.5) is 4.79 Å². The van der Waals surface area contributed by atoms with Crippen LogP contribution in [-0.4, -0.2) is 17.7 Å². The van der Waals surface area contributed by atoms with Crippen LogP contribution in [0.3, 0.4) is 0 Å². The second kappa shape index (κ2) is 8.88. The first kappa shape index (κ1) is 20.0. The van der Waals surface area contributed by atoms with Crippen LogP contribution < -0.4 is 5.32 Å². The van der Waals surface area contributed by atoms with Crippen molar-refractivity contribution in [3.05, 3.63) is 60.2 Å². The van der Waals surface area contributed by atoms with Gasteiger partial charge in [0.05, 0.1) is 0 Å². The zero-order valence-electron chi connectivity index (χ0n) is 16.6. The molecule has 0 aliphatic heterocycles. The van der Waals surface area contributed by atoms with Gasteiger partial charge in [0.25, 0.3) is 0 Å². The highest BCUT2D eigenvalue weighted by molar-refractivity contribution is 5.68. The molecule has 2 aromatic rings. The Morgan fingerprint density at radius 2 is 1.54 bits per heavy atom. The van der Waals surface area contributed by atoms with E-state index in [2.05, 4.69) is 60.8 Å². The molecule has 0 aliphatic rings. The molecule has 140 valence electrons. The predicted octanol–water partition coefficient (Wildman–Crippen LogP) is 5.84. The smallest absolute Gasteiger partial charge is 0.407 e. The first-order chi connectivity index (χ1) is 12.2. The molecule has 0 aliphatic carbocycles. The van der Waals surface area contributed by atoms with Crippen LogP contribution in [0.2, 0.25) is 0 Å². The van der Waals surface area contributed by atoms with Gasteiger partial charge >= 0.3 is 6.09 Å². The highest BCUT2D eigenvalue weighted by Gasteiger charge is 2.18. The van der Waals surface area contributed by atoms with E-state index in [1.165, 1.54) is 16.7 Å². The number of rotatable bonds is 6. The van der Waals surface area contributed by atoms with Crippen molar-refractivity contribution in [1.29, 1.82) is 0 Å². The average molecular weight is 354 g/mol. The van der Waals surface area contributed by atoms with E-state index in [1.807, 2.05) is 33.8 Å². The van der Waals surface area contributed by atoms with Gasteiger partial charge in [-0.15, -0.1) is 0 Å². The Labute approximate surface area is 157 Å². The Morgan fingerprint density at radius 3 is 2.12 bits per heavy atom. The lowest BCUT2D eigenvalue weighted by molar-refractivity contribution is 0.0503. The fourth-order valence-electron chi connectivity index (χ4n) is 3.12. The van der Waals surface area contributed by atoms with Crippen molar-refractivity contribution >= 4 is 6.09 Å². The first-order valence-corrected chi connectivity index (χ1v) is 9.37. The second-order valence-corrected chi connectivity index (χ2v) is 8.16. The van der Waals surface area contributed by atoms with E-state index in [0.717, 1.165) is 12.8 Å². The molecule has 2 unspecified atom stereocenters. The zero-order chi connectivity index (χ0) is 19.2. The monoisotopic (exact) mass is 353 g/mol. The molecular formula is C23H31NO2. The van der Waals surface area contributed by atoms with Crippen LogP contribution in [0, 0.1) is 5.92 Å². The normalized spacial score (nSPS) is 13.7. The summed E-state index contributed by atoms with van der Waals surface area (Å²) in [6, 6.07) is 19.3. The third-order valence-corrected chi connectivity index (χ3v) is 4.16. The lowest BCUT2D eigenvalue weighted by atomic mass is 9.94. The van der Waals surface area contributed by atoms with Crippen LogP contribution in [0.1, 0.15) is 46.6 Å². The lowest BCUT2D eigenvalue weighted by Gasteiger charge is -2.23. The number of hydrogen-bond acceptors (Lipinski definition) is 2. The number of hydrogen-bond donors (Lipinski definition) is 1. The van der Waals surface area contributed by atoms with Crippen LogP contribution in [0.5, 0.6) is 0 Å². The summed E-state index contributed by atoms with van der Waals surface area (Å²) in [5, 5.41) is 2.92. The van der Waals surface area contributed by atoms with E-state index < -0.39 is 5.60 Å². The highest BCUT2D eigenvalue weighted by Crippen LogP contribution is 2.21. The zero-order valence-corrected chi connectivity index (χ0v) is 16.6. The molecule has 0 aromatic heterocycles. The molecule has 1 amide bonds. The Balaban J connectivity index is 1.83. The largest absolute Gasteiger partial charge is 0.444 e. The fraction of sp³-hybridized carbons (Fsp3) is 0.435. The summed E-state index contributed by atoms with van der Waals surface area (Å²) < 4.78 is 5.31. The first-order valence-electron chi connectivity index (χ1n) is 9.37. The number of carbonyl (C=O) groups excluding carboxylic acids is 1. The minimum atomic E-state index is -0.462. The SMILES string of the molecule is CC(Cc1ccc(-c2ccccc2)cc1)CC(C)NC(=O)OC(C)(C)C. The standard InChI is InChI=1S/C23H31NO2/c1-17(15-18(2)24-22(25)26-23(3,4)5)16-19-11-13-21(14-12-19)20-9-7-6-8-10-20/h6-14,17-18H,15-16H2,1-5H3,(H,24,25). The van der Waals surface area contributed by atoms with Gasteiger partial charge in [-0.05, 0) is 63.1 Å². The van der Waals surface area contributed by atoms with Crippen molar-refractivity contribution in [3.63, 3.8) is 0 Å². The van der Waals surface area contributed by atoms with E-state index >= 15 is 0 Å². The summed E-state index contributed by atoms with van der Waals surface area (Å²) in [7, 11) is 0. The molecule has 2 aromatic carbocycles. The van der Waals surface area contributed by atoms with Gasteiger partial charge in [-0.2, -0.15) is 0 Å². The van der Waals surface area contributed by atoms with Gasteiger partial charge in [0.1, 0.15) is 5.60 Å². The Kier molecular flexibility index (Phi) is 6.84. The highest BCUT2D eigenvalue weighted by atomic mass is 16.6. The van der Waals surface area contributed by atoms with Crippen LogP contribution >= 0.6 is 0 Å². The number of amides is 1. The van der Waals surface area contributed by atoms with Gasteiger partial charge in [-0.1, -0.05) is 61.5 Å². The second-order valence-electron chi connectivity index (χ2n) is 8.16. The Bertz CT molecular complexity index is 686. The van der Waals surface area contributed by atoms with Crippen molar-refractivity contribution in [2.45, 2.75) is 59.1 Å². The number of carbonyl (C=O) groups is 1. The van der Waals surface area contributed by atoms with Gasteiger partial charge in [0, 0.05) is 6.04 Å². The van der Waals surface area contributed by atoms with Crippen molar-refractivity contribution < 1.29 is 9.53 Å². The molecule has 3 nitrogen and oxygen atoms in total. The average Bonchev–Trinajstić information content (AvgIpc) is 2.54. The summed E-state index contributed by atoms with van der Waals surface area (Å²) in [5.74, 6) is 0.475. The van der Waals surface area contributed by atoms with E-state index in [1.54, 1.807) is 0 Å². The predicted molar refractivity (Wildman–Crippen MR) is 108 cm³/mol. The number of ether oxygens (including phenoxy) is 1. The van der Waals surface area contributed by atoms with Gasteiger partial charge in [0.2, 0.25) is 0 Å². The molecule has 0 saturated heterocycles. The molecule has 2 atom stereocenters. The van der Waals surface area contributed by atoms with Gasteiger partial charge in [0.15, 0.2) is 0 Å². The van der Waals surface area contributed by atoms with Crippen LogP contribution in [-0.2, 0) is 11.2 Å². The van der Waals surface area contributed by atoms with E-state index in [9.17, 15) is 4.79 Å². The molecule has 0 saturated carbocycles. The minimum Gasteiger partial charge on any atom is -0.444 e. The summed E-state index contributed by atoms with van der Waals surface area (Å²) in [6.45, 7) is 9.87. The number of nitrogens with one attached hydrogen (secondary N) is 1. The molecule has 0 spiro atoms. The molecule has 26 heavy (non-hydrogen) atoms. The molecule has 3 heteroatoms. The van der Waals surface area contributed by atoms with Crippen LogP contribution in [0.15, 0.2) is 54.6 Å². The summed E-state index contributed by atoms with van der Waals surface area (Å²) in [4.78, 5) is 11.8. The molecule has 0 radical (unpaired) electrons. The summed E-state index contributed by atoms with van der Waals surface area (Å²) in [5.41, 5.74) is 3.33. The third kappa shape index (κ3) is 6.91. The van der Waals surface area contributed by atoms with Gasteiger partial charge in [-0.25, -0.2) is 4.79 Å². The summed E-state index contributed by atoms with van der Waals surface area (Å²) >= 11 is 0. The number of alkyl carbamates (subject to hydrolysis) is 1. The van der Waals surface area contributed by atoms with Crippen molar-refractivity contribution in [2.75, 3.05) is 0 Å². The van der Waals surface area contributed by atoms with Crippen molar-refractivity contribution in [1.82, 2.24) is 5.32 Å². The van der Waals surface area contributed by atoms with E-state index in [4.69, 9.17) is 4.74 Å². The van der Waals surface area contributed by atoms with E-state index in [0.29, 0.717) is 5.92 Å². The number of benzene rings is 2. The molecule has 2 rings (SSSR count). The molecular weight excluding hydrogens is 322 g/mol. The Hall–Kier alpha value is -2.29. The molecule has 1 N–H and O–H groups in total. The minimum absolute atomic E-state index is 0.0865. The third-order valence-electron chi connectivity index (χ3n) is 4.16.